The van der Waals surface area contributed by atoms with E-state index < -0.39 is 5.82 Å². The smallest absolute Gasteiger partial charge is 0.141 e. The first-order chi connectivity index (χ1) is 6.56. The first-order valence-electron chi connectivity index (χ1n) is 4.44. The van der Waals surface area contributed by atoms with Crippen molar-refractivity contribution in [3.05, 3.63) is 28.0 Å². The van der Waals surface area contributed by atoms with E-state index in [9.17, 15) is 9.50 Å². The molecule has 3 N–H and O–H groups in total. The summed E-state index contributed by atoms with van der Waals surface area (Å²) in [5.74, 6) is -0.346. The largest absolute Gasteiger partial charge is 0.507 e. The van der Waals surface area contributed by atoms with Crippen molar-refractivity contribution >= 4 is 15.9 Å². The van der Waals surface area contributed by atoms with E-state index in [1.54, 1.807) is 6.07 Å². The highest BCUT2D eigenvalue weighted by Gasteiger charge is 2.11. The van der Waals surface area contributed by atoms with Crippen LogP contribution in [0.2, 0.25) is 0 Å². The van der Waals surface area contributed by atoms with Gasteiger partial charge in [0.2, 0.25) is 0 Å². The number of aromatic hydroxyl groups is 1. The van der Waals surface area contributed by atoms with E-state index in [1.165, 1.54) is 6.07 Å². The minimum atomic E-state index is -0.441. The van der Waals surface area contributed by atoms with Gasteiger partial charge in [0.15, 0.2) is 0 Å². The van der Waals surface area contributed by atoms with Crippen LogP contribution in [0.15, 0.2) is 16.6 Å². The van der Waals surface area contributed by atoms with Gasteiger partial charge < -0.3 is 10.8 Å². The van der Waals surface area contributed by atoms with E-state index in [0.29, 0.717) is 6.54 Å². The van der Waals surface area contributed by atoms with E-state index >= 15 is 0 Å². The Morgan fingerprint density at radius 3 is 2.71 bits per heavy atom. The Bertz CT molecular complexity index is 307. The van der Waals surface area contributed by atoms with Gasteiger partial charge in [-0.15, -0.1) is 0 Å². The van der Waals surface area contributed by atoms with Crippen molar-refractivity contribution in [1.82, 2.24) is 0 Å². The van der Waals surface area contributed by atoms with E-state index in [4.69, 9.17) is 5.73 Å². The van der Waals surface area contributed by atoms with Crippen LogP contribution in [-0.2, 0) is 0 Å². The highest BCUT2D eigenvalue weighted by atomic mass is 79.9. The molecule has 0 saturated carbocycles. The van der Waals surface area contributed by atoms with Crippen molar-refractivity contribution in [2.24, 2.45) is 5.73 Å². The Morgan fingerprint density at radius 2 is 2.21 bits per heavy atom. The summed E-state index contributed by atoms with van der Waals surface area (Å²) in [7, 11) is 0. The predicted octanol–water partition coefficient (Wildman–Crippen LogP) is 2.75. The molecule has 1 atom stereocenters. The van der Waals surface area contributed by atoms with Gasteiger partial charge in [0.05, 0.1) is 4.47 Å². The molecule has 0 amide bonds. The van der Waals surface area contributed by atoms with Crippen molar-refractivity contribution < 1.29 is 9.50 Å². The summed E-state index contributed by atoms with van der Waals surface area (Å²) in [5.41, 5.74) is 6.18. The average Bonchev–Trinajstić information content (AvgIpc) is 2.13. The molecular formula is C10H13BrFNO. The van der Waals surface area contributed by atoms with E-state index in [2.05, 4.69) is 15.9 Å². The summed E-state index contributed by atoms with van der Waals surface area (Å²) in [6.07, 6.45) is 0.778. The molecule has 14 heavy (non-hydrogen) atoms. The Hall–Kier alpha value is -0.610. The number of nitrogens with two attached hydrogens (primary N) is 1. The molecule has 4 heteroatoms. The lowest BCUT2D eigenvalue weighted by Crippen LogP contribution is -2.04. The summed E-state index contributed by atoms with van der Waals surface area (Å²) in [6.45, 7) is 2.51. The summed E-state index contributed by atoms with van der Waals surface area (Å²) in [5, 5.41) is 9.38. The average molecular weight is 262 g/mol. The third-order valence-electron chi connectivity index (χ3n) is 2.20. The Balaban J connectivity index is 3.00. The Morgan fingerprint density at radius 1 is 1.57 bits per heavy atom. The molecule has 0 radical (unpaired) electrons. The van der Waals surface area contributed by atoms with Gasteiger partial charge in [-0.05, 0) is 52.5 Å². The minimum Gasteiger partial charge on any atom is -0.507 e. The SMILES string of the molecule is CC(CCN)c1cc(O)c(Br)c(F)c1. The molecule has 0 spiro atoms. The van der Waals surface area contributed by atoms with Gasteiger partial charge in [-0.3, -0.25) is 0 Å². The standard InChI is InChI=1S/C10H13BrFNO/c1-6(2-3-13)7-4-8(12)10(11)9(14)5-7/h4-6,14H,2-3,13H2,1H3. The maximum absolute atomic E-state index is 13.2. The molecule has 0 fully saturated rings. The van der Waals surface area contributed by atoms with Crippen molar-refractivity contribution in [2.75, 3.05) is 6.54 Å². The van der Waals surface area contributed by atoms with Crippen LogP contribution in [-0.4, -0.2) is 11.7 Å². The molecule has 78 valence electrons. The quantitative estimate of drug-likeness (QED) is 0.879. The maximum Gasteiger partial charge on any atom is 0.141 e. The van der Waals surface area contributed by atoms with E-state index in [0.717, 1.165) is 12.0 Å². The van der Waals surface area contributed by atoms with Crippen LogP contribution in [0.25, 0.3) is 0 Å². The zero-order valence-electron chi connectivity index (χ0n) is 7.93. The first-order valence-corrected chi connectivity index (χ1v) is 5.23. The zero-order valence-corrected chi connectivity index (χ0v) is 9.51. The van der Waals surface area contributed by atoms with Gasteiger partial charge in [0.25, 0.3) is 0 Å². The second kappa shape index (κ2) is 4.75. The lowest BCUT2D eigenvalue weighted by molar-refractivity contribution is 0.461. The van der Waals surface area contributed by atoms with E-state index in [1.807, 2.05) is 6.92 Å². The van der Waals surface area contributed by atoms with Crippen LogP contribution in [0.5, 0.6) is 5.75 Å². The monoisotopic (exact) mass is 261 g/mol. The predicted molar refractivity (Wildman–Crippen MR) is 57.9 cm³/mol. The van der Waals surface area contributed by atoms with Crippen LogP contribution in [0.3, 0.4) is 0 Å². The molecule has 1 unspecified atom stereocenters. The number of benzene rings is 1. The van der Waals surface area contributed by atoms with Crippen molar-refractivity contribution in [1.29, 1.82) is 0 Å². The molecule has 0 aromatic heterocycles. The molecule has 0 aliphatic heterocycles. The highest BCUT2D eigenvalue weighted by molar-refractivity contribution is 9.10. The van der Waals surface area contributed by atoms with Crippen molar-refractivity contribution in [3.8, 4) is 5.75 Å². The summed E-state index contributed by atoms with van der Waals surface area (Å²) >= 11 is 2.95. The van der Waals surface area contributed by atoms with Gasteiger partial charge in [-0.1, -0.05) is 6.92 Å². The summed E-state index contributed by atoms with van der Waals surface area (Å²) in [6, 6.07) is 2.98. The Labute approximate surface area is 91.1 Å². The van der Waals surface area contributed by atoms with Gasteiger partial charge in [0, 0.05) is 0 Å². The molecule has 0 bridgehead atoms. The zero-order chi connectivity index (χ0) is 10.7. The van der Waals surface area contributed by atoms with Crippen LogP contribution >= 0.6 is 15.9 Å². The van der Waals surface area contributed by atoms with Gasteiger partial charge in [0.1, 0.15) is 11.6 Å². The van der Waals surface area contributed by atoms with Crippen LogP contribution in [0.1, 0.15) is 24.8 Å². The number of hydrogen-bond acceptors (Lipinski definition) is 2. The Kier molecular flexibility index (Phi) is 3.89. The van der Waals surface area contributed by atoms with Crippen molar-refractivity contribution in [3.63, 3.8) is 0 Å². The molecular weight excluding hydrogens is 249 g/mol. The lowest BCUT2D eigenvalue weighted by atomic mass is 9.97. The molecule has 0 heterocycles. The molecule has 2 nitrogen and oxygen atoms in total. The second-order valence-corrected chi connectivity index (χ2v) is 4.11. The third kappa shape index (κ3) is 2.45. The van der Waals surface area contributed by atoms with Crippen molar-refractivity contribution in [2.45, 2.75) is 19.3 Å². The highest BCUT2D eigenvalue weighted by Crippen LogP contribution is 2.31. The molecule has 0 aliphatic rings. The molecule has 0 saturated heterocycles. The second-order valence-electron chi connectivity index (χ2n) is 3.31. The van der Waals surface area contributed by atoms with Gasteiger partial charge in [-0.25, -0.2) is 4.39 Å². The van der Waals surface area contributed by atoms with Crippen LogP contribution < -0.4 is 5.73 Å². The molecule has 1 rings (SSSR count). The molecule has 0 aliphatic carbocycles. The summed E-state index contributed by atoms with van der Waals surface area (Å²) < 4.78 is 13.3. The molecule has 1 aromatic rings. The number of rotatable bonds is 3. The maximum atomic E-state index is 13.2. The number of halogens is 2. The number of phenolic OH excluding ortho intramolecular Hbond substituents is 1. The normalized spacial score (nSPS) is 12.9. The topological polar surface area (TPSA) is 46.2 Å². The van der Waals surface area contributed by atoms with Gasteiger partial charge >= 0.3 is 0 Å². The minimum absolute atomic E-state index is 0.0659. The lowest BCUT2D eigenvalue weighted by Gasteiger charge is -2.11. The first kappa shape index (κ1) is 11.5. The van der Waals surface area contributed by atoms with Crippen LogP contribution in [0.4, 0.5) is 4.39 Å². The van der Waals surface area contributed by atoms with Gasteiger partial charge in [-0.2, -0.15) is 0 Å². The molecule has 1 aromatic carbocycles. The third-order valence-corrected chi connectivity index (χ3v) is 2.99. The summed E-state index contributed by atoms with van der Waals surface area (Å²) in [4.78, 5) is 0. The van der Waals surface area contributed by atoms with Crippen LogP contribution in [0, 0.1) is 5.82 Å². The number of phenols is 1. The number of hydrogen-bond donors (Lipinski definition) is 2. The van der Waals surface area contributed by atoms with E-state index in [-0.39, 0.29) is 16.1 Å². The fourth-order valence-electron chi connectivity index (χ4n) is 1.30. The fraction of sp³-hybridized carbons (Fsp3) is 0.400. The fourth-order valence-corrected chi connectivity index (χ4v) is 1.53.